The topological polar surface area (TPSA) is 12.0 Å². The van der Waals surface area contributed by atoms with E-state index in [-0.39, 0.29) is 0 Å². The summed E-state index contributed by atoms with van der Waals surface area (Å²) < 4.78 is 0. The molecule has 0 amide bonds. The van der Waals surface area contributed by atoms with Crippen molar-refractivity contribution in [2.24, 2.45) is 0 Å². The van der Waals surface area contributed by atoms with Crippen molar-refractivity contribution < 1.29 is 0 Å². The van der Waals surface area contributed by atoms with Crippen LogP contribution in [0.4, 0.5) is 0 Å². The first-order valence-electron chi connectivity index (χ1n) is 7.91. The first-order valence-corrected chi connectivity index (χ1v) is 8.83. The number of hydrogen-bond acceptors (Lipinski definition) is 1. The van der Waals surface area contributed by atoms with Crippen LogP contribution in [0.1, 0.15) is 84.5 Å². The monoisotopic (exact) mass is 321 g/mol. The number of rotatable bonds is 11. The van der Waals surface area contributed by atoms with Gasteiger partial charge in [-0.1, -0.05) is 94.0 Å². The zero-order valence-corrected chi connectivity index (χ0v) is 14.8. The highest BCUT2D eigenvalue weighted by Gasteiger charge is 1.95. The SMILES string of the molecule is CCCCCCCCCCCCC(C)Br.CNC. The molecule has 0 aromatic carbocycles. The van der Waals surface area contributed by atoms with Crippen LogP contribution in [0.2, 0.25) is 0 Å². The number of unbranched alkanes of at least 4 members (excludes halogenated alkanes) is 9. The Morgan fingerprint density at radius 2 is 1.11 bits per heavy atom. The molecule has 1 nitrogen and oxygen atoms in total. The van der Waals surface area contributed by atoms with Crippen molar-refractivity contribution in [3.05, 3.63) is 0 Å². The van der Waals surface area contributed by atoms with Crippen molar-refractivity contribution in [1.29, 1.82) is 0 Å². The summed E-state index contributed by atoms with van der Waals surface area (Å²) in [5, 5.41) is 2.75. The molecule has 0 aliphatic heterocycles. The molecule has 0 radical (unpaired) electrons. The van der Waals surface area contributed by atoms with Crippen LogP contribution in [0.5, 0.6) is 0 Å². The minimum atomic E-state index is 0.714. The first kappa shape index (κ1) is 20.8. The van der Waals surface area contributed by atoms with Crippen LogP contribution in [0.3, 0.4) is 0 Å². The molecule has 0 rings (SSSR count). The molecule has 0 spiro atoms. The van der Waals surface area contributed by atoms with E-state index in [9.17, 15) is 0 Å². The lowest BCUT2D eigenvalue weighted by atomic mass is 10.1. The lowest BCUT2D eigenvalue weighted by Crippen LogP contribution is -1.89. The van der Waals surface area contributed by atoms with E-state index in [1.165, 1.54) is 70.6 Å². The summed E-state index contributed by atoms with van der Waals surface area (Å²) in [6.07, 6.45) is 15.8. The van der Waals surface area contributed by atoms with Crippen LogP contribution in [-0.2, 0) is 0 Å². The molecule has 0 heterocycles. The second-order valence-corrected chi connectivity index (χ2v) is 6.81. The standard InChI is InChI=1S/C14H29Br.C2H7N/c1-3-4-5-6-7-8-9-10-11-12-13-14(2)15;1-3-2/h14H,3-13H2,1-2H3;3H,1-2H3. The van der Waals surface area contributed by atoms with E-state index in [2.05, 4.69) is 35.1 Å². The first-order chi connectivity index (χ1) is 8.68. The van der Waals surface area contributed by atoms with Gasteiger partial charge in [0.2, 0.25) is 0 Å². The highest BCUT2D eigenvalue weighted by molar-refractivity contribution is 9.09. The van der Waals surface area contributed by atoms with Gasteiger partial charge in [0.15, 0.2) is 0 Å². The molecule has 0 aromatic rings. The Hall–Kier alpha value is 0.440. The lowest BCUT2D eigenvalue weighted by Gasteiger charge is -2.03. The predicted octanol–water partition coefficient (Wildman–Crippen LogP) is 5.92. The second kappa shape index (κ2) is 19.8. The van der Waals surface area contributed by atoms with E-state index in [4.69, 9.17) is 0 Å². The molecule has 0 saturated heterocycles. The van der Waals surface area contributed by atoms with Crippen molar-refractivity contribution in [2.75, 3.05) is 14.1 Å². The fourth-order valence-corrected chi connectivity index (χ4v) is 2.24. The average Bonchev–Trinajstić information content (AvgIpc) is 2.32. The summed E-state index contributed by atoms with van der Waals surface area (Å²) in [6, 6.07) is 0. The quantitative estimate of drug-likeness (QED) is 0.368. The molecule has 0 saturated carbocycles. The number of nitrogens with one attached hydrogen (secondary N) is 1. The van der Waals surface area contributed by atoms with Crippen molar-refractivity contribution in [2.45, 2.75) is 89.3 Å². The van der Waals surface area contributed by atoms with Gasteiger partial charge in [-0.25, -0.2) is 0 Å². The number of alkyl halides is 1. The van der Waals surface area contributed by atoms with Gasteiger partial charge in [-0.2, -0.15) is 0 Å². The average molecular weight is 322 g/mol. The van der Waals surface area contributed by atoms with Crippen LogP contribution >= 0.6 is 15.9 Å². The van der Waals surface area contributed by atoms with E-state index in [1.54, 1.807) is 0 Å². The maximum atomic E-state index is 3.59. The summed E-state index contributed by atoms with van der Waals surface area (Å²) in [7, 11) is 3.75. The van der Waals surface area contributed by atoms with E-state index in [0.29, 0.717) is 4.83 Å². The number of halogens is 1. The molecule has 0 bridgehead atoms. The Morgan fingerprint density at radius 1 is 0.778 bits per heavy atom. The third-order valence-electron chi connectivity index (χ3n) is 2.96. The molecule has 1 unspecified atom stereocenters. The summed E-state index contributed by atoms with van der Waals surface area (Å²) in [5.41, 5.74) is 0. The minimum Gasteiger partial charge on any atom is -0.323 e. The molecular formula is C16H36BrN. The maximum absolute atomic E-state index is 3.59. The highest BCUT2D eigenvalue weighted by atomic mass is 79.9. The van der Waals surface area contributed by atoms with Crippen LogP contribution in [0, 0.1) is 0 Å². The van der Waals surface area contributed by atoms with Crippen LogP contribution < -0.4 is 5.32 Å². The minimum absolute atomic E-state index is 0.714. The fraction of sp³-hybridized carbons (Fsp3) is 1.00. The zero-order valence-electron chi connectivity index (χ0n) is 13.2. The summed E-state index contributed by atoms with van der Waals surface area (Å²) in [5.74, 6) is 0. The van der Waals surface area contributed by atoms with E-state index >= 15 is 0 Å². The van der Waals surface area contributed by atoms with Gasteiger partial charge in [-0.15, -0.1) is 0 Å². The van der Waals surface area contributed by atoms with Crippen LogP contribution in [0.25, 0.3) is 0 Å². The van der Waals surface area contributed by atoms with Crippen molar-refractivity contribution >= 4 is 15.9 Å². The van der Waals surface area contributed by atoms with E-state index in [0.717, 1.165) is 0 Å². The molecule has 18 heavy (non-hydrogen) atoms. The summed E-state index contributed by atoms with van der Waals surface area (Å²) in [4.78, 5) is 0.714. The van der Waals surface area contributed by atoms with Crippen molar-refractivity contribution in [3.8, 4) is 0 Å². The third-order valence-corrected chi connectivity index (χ3v) is 3.41. The highest BCUT2D eigenvalue weighted by Crippen LogP contribution is 2.13. The second-order valence-electron chi connectivity index (χ2n) is 5.25. The molecule has 0 aliphatic rings. The Bertz CT molecular complexity index is 126. The van der Waals surface area contributed by atoms with Gasteiger partial charge in [0.25, 0.3) is 0 Å². The molecular weight excluding hydrogens is 286 g/mol. The Kier molecular flexibility index (Phi) is 22.8. The van der Waals surface area contributed by atoms with Crippen LogP contribution in [-0.4, -0.2) is 18.9 Å². The van der Waals surface area contributed by atoms with Gasteiger partial charge in [-0.3, -0.25) is 0 Å². The molecule has 1 N–H and O–H groups in total. The van der Waals surface area contributed by atoms with Crippen molar-refractivity contribution in [1.82, 2.24) is 5.32 Å². The normalized spacial score (nSPS) is 11.8. The Balaban J connectivity index is 0. The van der Waals surface area contributed by atoms with Crippen LogP contribution in [0.15, 0.2) is 0 Å². The summed E-state index contributed by atoms with van der Waals surface area (Å²) >= 11 is 3.59. The molecule has 2 heteroatoms. The Morgan fingerprint density at radius 3 is 1.44 bits per heavy atom. The largest absolute Gasteiger partial charge is 0.323 e. The molecule has 0 fully saturated rings. The van der Waals surface area contributed by atoms with Gasteiger partial charge in [0.1, 0.15) is 0 Å². The van der Waals surface area contributed by atoms with Crippen molar-refractivity contribution in [3.63, 3.8) is 0 Å². The summed E-state index contributed by atoms with van der Waals surface area (Å²) in [6.45, 7) is 4.53. The van der Waals surface area contributed by atoms with Gasteiger partial charge >= 0.3 is 0 Å². The van der Waals surface area contributed by atoms with Gasteiger partial charge in [-0.05, 0) is 20.5 Å². The van der Waals surface area contributed by atoms with E-state index < -0.39 is 0 Å². The Labute approximate surface area is 125 Å². The maximum Gasteiger partial charge on any atom is 0.0117 e. The molecule has 1 atom stereocenters. The lowest BCUT2D eigenvalue weighted by molar-refractivity contribution is 0.550. The predicted molar refractivity (Wildman–Crippen MR) is 89.8 cm³/mol. The fourth-order valence-electron chi connectivity index (χ4n) is 1.91. The number of hydrogen-bond donors (Lipinski definition) is 1. The van der Waals surface area contributed by atoms with Gasteiger partial charge in [0, 0.05) is 4.83 Å². The smallest absolute Gasteiger partial charge is 0.0117 e. The zero-order chi connectivity index (χ0) is 14.1. The third kappa shape index (κ3) is 25.3. The van der Waals surface area contributed by atoms with Gasteiger partial charge < -0.3 is 5.32 Å². The molecule has 112 valence electrons. The van der Waals surface area contributed by atoms with Gasteiger partial charge in [0.05, 0.1) is 0 Å². The van der Waals surface area contributed by atoms with E-state index in [1.807, 2.05) is 14.1 Å². The molecule has 0 aromatic heterocycles. The molecule has 0 aliphatic carbocycles.